The van der Waals surface area contributed by atoms with Gasteiger partial charge in [-0.05, 0) is 43.1 Å². The Morgan fingerprint density at radius 1 is 1.07 bits per heavy atom. The zero-order valence-corrected chi connectivity index (χ0v) is 25.3. The summed E-state index contributed by atoms with van der Waals surface area (Å²) in [4.78, 5) is 49.6. The third kappa shape index (κ3) is 6.28. The SMILES string of the molecule is C=CC(C)=CC[C@]1(C)[C@H](C)[C@@H](OC(C)=O)[C@H](O)[C@@]23C(=C[C@H](OC(=O)CC(C)C)C[C@@H]12)[C@@H](OC(C)=O)O[C@H]3OC(C)=O. The summed E-state index contributed by atoms with van der Waals surface area (Å²) >= 11 is 0. The van der Waals surface area contributed by atoms with E-state index in [1.165, 1.54) is 20.8 Å². The Balaban J connectivity index is 2.31. The molecule has 10 heteroatoms. The highest BCUT2D eigenvalue weighted by Gasteiger charge is 2.74. The summed E-state index contributed by atoms with van der Waals surface area (Å²) in [7, 11) is 0. The Labute approximate surface area is 242 Å². The van der Waals surface area contributed by atoms with Gasteiger partial charge in [0, 0.05) is 38.7 Å². The van der Waals surface area contributed by atoms with Crippen LogP contribution in [0.5, 0.6) is 0 Å². The Hall–Kier alpha value is -2.98. The van der Waals surface area contributed by atoms with Crippen molar-refractivity contribution in [3.63, 3.8) is 0 Å². The molecule has 1 saturated carbocycles. The molecule has 3 aliphatic rings. The first-order valence-corrected chi connectivity index (χ1v) is 14.1. The average molecular weight is 577 g/mol. The van der Waals surface area contributed by atoms with E-state index in [0.29, 0.717) is 12.0 Å². The summed E-state index contributed by atoms with van der Waals surface area (Å²) in [5, 5.41) is 12.2. The predicted octanol–water partition coefficient (Wildman–Crippen LogP) is 4.16. The van der Waals surface area contributed by atoms with Crippen LogP contribution in [0.25, 0.3) is 0 Å². The van der Waals surface area contributed by atoms with E-state index in [1.807, 2.05) is 40.7 Å². The molecule has 1 heterocycles. The van der Waals surface area contributed by atoms with Crippen LogP contribution in [0.3, 0.4) is 0 Å². The van der Waals surface area contributed by atoms with Crippen molar-refractivity contribution < 1.29 is 48.0 Å². The van der Waals surface area contributed by atoms with Crippen LogP contribution in [0.1, 0.15) is 74.7 Å². The fraction of sp³-hybridized carbons (Fsp3) is 0.677. The normalized spacial score (nSPS) is 36.4. The first-order chi connectivity index (χ1) is 19.1. The zero-order chi connectivity index (χ0) is 30.9. The molecule has 1 aliphatic heterocycles. The van der Waals surface area contributed by atoms with Crippen molar-refractivity contribution in [1.29, 1.82) is 0 Å². The standard InChI is InChI=1S/C31H44O10/c1-10-17(4)11-12-30(9)18(5)26(37-19(6)32)27(36)31-23(28(38-20(7)33)41-29(31)39-21(8)34)14-22(15-24(30)31)40-25(35)13-16(2)3/h10-11,14,16,18,22,24,26-29,36H,1,12-13,15H2,2-9H3/t18-,22+,24+,26-,27+,28+,29-,30-,31-/m1/s1. The van der Waals surface area contributed by atoms with Gasteiger partial charge in [0.05, 0.1) is 5.41 Å². The molecule has 0 aromatic rings. The first kappa shape index (κ1) is 32.5. The van der Waals surface area contributed by atoms with Gasteiger partial charge >= 0.3 is 23.9 Å². The van der Waals surface area contributed by atoms with Crippen LogP contribution in [0.15, 0.2) is 36.0 Å². The van der Waals surface area contributed by atoms with E-state index in [0.717, 1.165) is 5.57 Å². The number of carbonyl (C=O) groups excluding carboxylic acids is 4. The van der Waals surface area contributed by atoms with Gasteiger partial charge in [0.15, 0.2) is 0 Å². The number of aliphatic hydroxyl groups is 1. The smallest absolute Gasteiger partial charge is 0.306 e. The van der Waals surface area contributed by atoms with Crippen LogP contribution < -0.4 is 0 Å². The molecular formula is C31H44O10. The van der Waals surface area contributed by atoms with E-state index in [2.05, 4.69) is 6.58 Å². The molecule has 2 aliphatic carbocycles. The van der Waals surface area contributed by atoms with Crippen molar-refractivity contribution in [2.75, 3.05) is 0 Å². The van der Waals surface area contributed by atoms with Gasteiger partial charge in [-0.15, -0.1) is 0 Å². The number of hydrogen-bond donors (Lipinski definition) is 1. The fourth-order valence-electron chi connectivity index (χ4n) is 6.79. The van der Waals surface area contributed by atoms with Gasteiger partial charge in [0.1, 0.15) is 18.3 Å². The Kier molecular flexibility index (Phi) is 9.91. The van der Waals surface area contributed by atoms with Gasteiger partial charge in [-0.3, -0.25) is 23.9 Å². The second-order valence-corrected chi connectivity index (χ2v) is 12.2. The van der Waals surface area contributed by atoms with Crippen LogP contribution in [0.4, 0.5) is 0 Å². The number of rotatable bonds is 9. The van der Waals surface area contributed by atoms with E-state index in [4.69, 9.17) is 23.7 Å². The van der Waals surface area contributed by atoms with E-state index >= 15 is 0 Å². The van der Waals surface area contributed by atoms with Gasteiger partial charge in [0.2, 0.25) is 12.6 Å². The van der Waals surface area contributed by atoms with Crippen molar-refractivity contribution in [2.24, 2.45) is 28.6 Å². The molecular weight excluding hydrogens is 532 g/mol. The lowest BCUT2D eigenvalue weighted by atomic mass is 9.44. The summed E-state index contributed by atoms with van der Waals surface area (Å²) in [6.07, 6.45) is 0.422. The van der Waals surface area contributed by atoms with E-state index in [9.17, 15) is 24.3 Å². The second kappa shape index (κ2) is 12.5. The van der Waals surface area contributed by atoms with E-state index < -0.39 is 71.5 Å². The molecule has 0 radical (unpaired) electrons. The highest BCUT2D eigenvalue weighted by Crippen LogP contribution is 2.67. The van der Waals surface area contributed by atoms with Gasteiger partial charge in [0.25, 0.3) is 0 Å². The average Bonchev–Trinajstić information content (AvgIpc) is 3.14. The third-order valence-electron chi connectivity index (χ3n) is 8.82. The summed E-state index contributed by atoms with van der Waals surface area (Å²) in [6, 6.07) is 0. The number of carbonyl (C=O) groups is 4. The van der Waals surface area contributed by atoms with E-state index in [1.54, 1.807) is 12.2 Å². The molecule has 0 bridgehead atoms. The van der Waals surface area contributed by atoms with Crippen LogP contribution in [-0.2, 0) is 42.9 Å². The van der Waals surface area contributed by atoms with Crippen LogP contribution in [0, 0.1) is 28.6 Å². The number of hydrogen-bond acceptors (Lipinski definition) is 10. The molecule has 0 aromatic carbocycles. The molecule has 3 rings (SSSR count). The van der Waals surface area contributed by atoms with Crippen molar-refractivity contribution in [1.82, 2.24) is 0 Å². The van der Waals surface area contributed by atoms with Gasteiger partial charge in [-0.2, -0.15) is 0 Å². The Morgan fingerprint density at radius 2 is 1.68 bits per heavy atom. The fourth-order valence-corrected chi connectivity index (χ4v) is 6.79. The highest BCUT2D eigenvalue weighted by atomic mass is 16.8. The molecule has 2 fully saturated rings. The van der Waals surface area contributed by atoms with Crippen molar-refractivity contribution in [3.8, 4) is 0 Å². The molecule has 1 N–H and O–H groups in total. The first-order valence-electron chi connectivity index (χ1n) is 14.1. The maximum absolute atomic E-state index is 12.8. The van der Waals surface area contributed by atoms with Gasteiger partial charge < -0.3 is 24.1 Å². The lowest BCUT2D eigenvalue weighted by molar-refractivity contribution is -0.275. The topological polar surface area (TPSA) is 135 Å². The molecule has 9 atom stereocenters. The van der Waals surface area contributed by atoms with Crippen molar-refractivity contribution in [2.45, 2.75) is 106 Å². The minimum Gasteiger partial charge on any atom is -0.459 e. The molecule has 10 nitrogen and oxygen atoms in total. The highest BCUT2D eigenvalue weighted by molar-refractivity contribution is 5.70. The summed E-state index contributed by atoms with van der Waals surface area (Å²) in [5.74, 6) is -3.17. The van der Waals surface area contributed by atoms with Crippen LogP contribution in [0.2, 0.25) is 0 Å². The molecule has 0 unspecified atom stereocenters. The lowest BCUT2D eigenvalue weighted by Gasteiger charge is -2.62. The minimum atomic E-state index is -1.48. The predicted molar refractivity (Wildman–Crippen MR) is 148 cm³/mol. The molecule has 0 amide bonds. The second-order valence-electron chi connectivity index (χ2n) is 12.2. The summed E-state index contributed by atoms with van der Waals surface area (Å²) in [5.41, 5.74) is -0.973. The van der Waals surface area contributed by atoms with Crippen molar-refractivity contribution in [3.05, 3.63) is 36.0 Å². The number of allylic oxidation sites excluding steroid dienone is 3. The Bertz CT molecular complexity index is 1120. The minimum absolute atomic E-state index is 0.0769. The van der Waals surface area contributed by atoms with Crippen molar-refractivity contribution >= 4 is 23.9 Å². The summed E-state index contributed by atoms with van der Waals surface area (Å²) < 4.78 is 29.0. The number of aliphatic hydroxyl groups excluding tert-OH is 1. The molecule has 41 heavy (non-hydrogen) atoms. The number of esters is 4. The van der Waals surface area contributed by atoms with Gasteiger partial charge in [-0.1, -0.05) is 52.0 Å². The third-order valence-corrected chi connectivity index (χ3v) is 8.82. The maximum atomic E-state index is 12.8. The van der Waals surface area contributed by atoms with E-state index in [-0.39, 0.29) is 24.7 Å². The molecule has 0 aromatic heterocycles. The largest absolute Gasteiger partial charge is 0.459 e. The van der Waals surface area contributed by atoms with Gasteiger partial charge in [-0.25, -0.2) is 0 Å². The Morgan fingerprint density at radius 3 is 2.22 bits per heavy atom. The monoisotopic (exact) mass is 576 g/mol. The molecule has 1 saturated heterocycles. The molecule has 1 spiro atoms. The summed E-state index contributed by atoms with van der Waals surface area (Å²) in [6.45, 7) is 17.2. The quantitative estimate of drug-likeness (QED) is 0.185. The zero-order valence-electron chi connectivity index (χ0n) is 25.3. The lowest BCUT2D eigenvalue weighted by Crippen LogP contribution is -2.68. The maximum Gasteiger partial charge on any atom is 0.306 e. The van der Waals surface area contributed by atoms with Crippen LogP contribution in [-0.4, -0.2) is 59.9 Å². The molecule has 228 valence electrons. The number of ether oxygens (including phenoxy) is 5. The van der Waals surface area contributed by atoms with Crippen LogP contribution >= 0.6 is 0 Å².